The molecule has 3 heteroatoms. The fourth-order valence-corrected chi connectivity index (χ4v) is 1.98. The number of carbonyl (C=O) groups excluding carboxylic acids is 1. The molecule has 0 atom stereocenters. The van der Waals surface area contributed by atoms with Crippen molar-refractivity contribution in [1.82, 2.24) is 0 Å². The Bertz CT molecular complexity index is 321. The van der Waals surface area contributed by atoms with Gasteiger partial charge in [-0.1, -0.05) is 56.2 Å². The van der Waals surface area contributed by atoms with Crippen LogP contribution in [0.1, 0.15) is 48.9 Å². The Balaban J connectivity index is 0.000000181. The molecule has 0 amide bonds. The summed E-state index contributed by atoms with van der Waals surface area (Å²) >= 11 is 10.8. The molecule has 0 aromatic heterocycles. The maximum Gasteiger partial charge on any atom is 0.252 e. The molecule has 0 radical (unpaired) electrons. The monoisotopic (exact) mass is 258 g/mol. The molecule has 88 valence electrons. The maximum atomic E-state index is 10.5. The fourth-order valence-electron chi connectivity index (χ4n) is 1.67. The molecule has 2 rings (SSSR count). The molecule has 1 saturated carbocycles. The van der Waals surface area contributed by atoms with Crippen molar-refractivity contribution in [2.45, 2.75) is 38.5 Å². The predicted octanol–water partition coefficient (Wildman–Crippen LogP) is 5.06. The summed E-state index contributed by atoms with van der Waals surface area (Å²) in [5.41, 5.74) is 0.425. The van der Waals surface area contributed by atoms with E-state index in [0.29, 0.717) is 10.6 Å². The topological polar surface area (TPSA) is 17.1 Å². The molecule has 1 fully saturated rings. The van der Waals surface area contributed by atoms with Gasteiger partial charge in [-0.3, -0.25) is 4.79 Å². The van der Waals surface area contributed by atoms with E-state index in [4.69, 9.17) is 23.2 Å². The number of rotatable bonds is 1. The molecule has 0 N–H and O–H groups in total. The zero-order valence-electron chi connectivity index (χ0n) is 9.22. The van der Waals surface area contributed by atoms with Gasteiger partial charge in [0.15, 0.2) is 0 Å². The minimum absolute atomic E-state index is 0.425. The van der Waals surface area contributed by atoms with Crippen LogP contribution in [0.15, 0.2) is 24.3 Å². The predicted molar refractivity (Wildman–Crippen MR) is 69.3 cm³/mol. The summed E-state index contributed by atoms with van der Waals surface area (Å²) in [5.74, 6) is 0. The van der Waals surface area contributed by atoms with E-state index >= 15 is 0 Å². The van der Waals surface area contributed by atoms with Crippen LogP contribution in [0.4, 0.5) is 0 Å². The molecule has 0 unspecified atom stereocenters. The van der Waals surface area contributed by atoms with Gasteiger partial charge in [0.1, 0.15) is 0 Å². The van der Waals surface area contributed by atoms with E-state index in [0.717, 1.165) is 0 Å². The molecular formula is C13H16Cl2O. The zero-order valence-corrected chi connectivity index (χ0v) is 10.7. The van der Waals surface area contributed by atoms with Gasteiger partial charge in [0, 0.05) is 10.6 Å². The average Bonchev–Trinajstić information content (AvgIpc) is 2.32. The maximum absolute atomic E-state index is 10.5. The summed E-state index contributed by atoms with van der Waals surface area (Å²) in [7, 11) is 0. The third-order valence-electron chi connectivity index (χ3n) is 2.55. The Labute approximate surface area is 107 Å². The van der Waals surface area contributed by atoms with Crippen LogP contribution in [0.5, 0.6) is 0 Å². The first-order valence-corrected chi connectivity index (χ1v) is 6.41. The summed E-state index contributed by atoms with van der Waals surface area (Å²) in [6.45, 7) is 0. The number of carbonyl (C=O) groups is 1. The van der Waals surface area contributed by atoms with Crippen molar-refractivity contribution in [2.24, 2.45) is 0 Å². The minimum Gasteiger partial charge on any atom is -0.276 e. The highest BCUT2D eigenvalue weighted by molar-refractivity contribution is 6.67. The van der Waals surface area contributed by atoms with Crippen molar-refractivity contribution < 1.29 is 4.79 Å². The highest BCUT2D eigenvalue weighted by Crippen LogP contribution is 2.15. The van der Waals surface area contributed by atoms with Crippen molar-refractivity contribution >= 4 is 28.4 Å². The number of halogens is 2. The van der Waals surface area contributed by atoms with Crippen molar-refractivity contribution in [3.05, 3.63) is 34.9 Å². The lowest BCUT2D eigenvalue weighted by molar-refractivity contribution is 0.108. The van der Waals surface area contributed by atoms with Gasteiger partial charge in [0.05, 0.1) is 0 Å². The Hall–Kier alpha value is -0.530. The molecule has 0 saturated heterocycles. The lowest BCUT2D eigenvalue weighted by Gasteiger charge is -2.05. The molecule has 1 aliphatic carbocycles. The molecular weight excluding hydrogens is 243 g/mol. The minimum atomic E-state index is -0.484. The van der Waals surface area contributed by atoms with E-state index in [2.05, 4.69) is 0 Å². The normalized spacial score (nSPS) is 14.9. The fraction of sp³-hybridized carbons (Fsp3) is 0.462. The van der Waals surface area contributed by atoms with Crippen LogP contribution in [0.2, 0.25) is 5.02 Å². The number of hydrogen-bond acceptors (Lipinski definition) is 1. The van der Waals surface area contributed by atoms with Crippen LogP contribution in [-0.2, 0) is 0 Å². The van der Waals surface area contributed by atoms with Crippen molar-refractivity contribution in [2.75, 3.05) is 0 Å². The van der Waals surface area contributed by atoms with E-state index in [1.54, 1.807) is 18.2 Å². The summed E-state index contributed by atoms with van der Waals surface area (Å²) in [4.78, 5) is 10.5. The SMILES string of the molecule is C1CCCCC1.O=C(Cl)c1cccc(Cl)c1. The summed E-state index contributed by atoms with van der Waals surface area (Å²) in [6.07, 6.45) is 9.00. The van der Waals surface area contributed by atoms with Crippen LogP contribution in [0.3, 0.4) is 0 Å². The third-order valence-corrected chi connectivity index (χ3v) is 3.00. The van der Waals surface area contributed by atoms with Gasteiger partial charge in [0.25, 0.3) is 5.24 Å². The van der Waals surface area contributed by atoms with Crippen LogP contribution >= 0.6 is 23.2 Å². The van der Waals surface area contributed by atoms with E-state index < -0.39 is 5.24 Å². The summed E-state index contributed by atoms with van der Waals surface area (Å²) < 4.78 is 0. The average molecular weight is 259 g/mol. The van der Waals surface area contributed by atoms with Crippen LogP contribution < -0.4 is 0 Å². The van der Waals surface area contributed by atoms with E-state index in [1.165, 1.54) is 44.6 Å². The van der Waals surface area contributed by atoms with Gasteiger partial charge in [-0.15, -0.1) is 0 Å². The second kappa shape index (κ2) is 7.70. The van der Waals surface area contributed by atoms with E-state index in [9.17, 15) is 4.79 Å². The summed E-state index contributed by atoms with van der Waals surface area (Å²) in [6, 6.07) is 6.50. The van der Waals surface area contributed by atoms with Crippen LogP contribution in [0.25, 0.3) is 0 Å². The molecule has 16 heavy (non-hydrogen) atoms. The lowest BCUT2D eigenvalue weighted by atomic mass is 10.0. The molecule has 0 heterocycles. The van der Waals surface area contributed by atoms with Gasteiger partial charge in [-0.05, 0) is 29.8 Å². The first-order chi connectivity index (χ1) is 7.70. The molecule has 0 bridgehead atoms. The number of benzene rings is 1. The molecule has 0 spiro atoms. The van der Waals surface area contributed by atoms with Crippen molar-refractivity contribution in [3.63, 3.8) is 0 Å². The molecule has 0 aliphatic heterocycles. The van der Waals surface area contributed by atoms with Gasteiger partial charge in [-0.2, -0.15) is 0 Å². The highest BCUT2D eigenvalue weighted by atomic mass is 35.5. The second-order valence-electron chi connectivity index (χ2n) is 3.91. The van der Waals surface area contributed by atoms with E-state index in [1.807, 2.05) is 0 Å². The van der Waals surface area contributed by atoms with Gasteiger partial charge in [0.2, 0.25) is 0 Å². The van der Waals surface area contributed by atoms with Gasteiger partial charge in [-0.25, -0.2) is 0 Å². The summed E-state index contributed by atoms with van der Waals surface area (Å²) in [5, 5.41) is 0.0361. The number of hydrogen-bond donors (Lipinski definition) is 0. The van der Waals surface area contributed by atoms with Crippen LogP contribution in [-0.4, -0.2) is 5.24 Å². The van der Waals surface area contributed by atoms with Gasteiger partial charge < -0.3 is 0 Å². The van der Waals surface area contributed by atoms with Crippen molar-refractivity contribution in [1.29, 1.82) is 0 Å². The lowest BCUT2D eigenvalue weighted by Crippen LogP contribution is -1.86. The molecule has 1 nitrogen and oxygen atoms in total. The van der Waals surface area contributed by atoms with Gasteiger partial charge >= 0.3 is 0 Å². The Morgan fingerprint density at radius 3 is 1.81 bits per heavy atom. The smallest absolute Gasteiger partial charge is 0.252 e. The quantitative estimate of drug-likeness (QED) is 0.644. The van der Waals surface area contributed by atoms with Crippen molar-refractivity contribution in [3.8, 4) is 0 Å². The Morgan fingerprint density at radius 2 is 1.50 bits per heavy atom. The largest absolute Gasteiger partial charge is 0.276 e. The first kappa shape index (κ1) is 13.5. The first-order valence-electron chi connectivity index (χ1n) is 5.65. The molecule has 1 aromatic carbocycles. The van der Waals surface area contributed by atoms with E-state index in [-0.39, 0.29) is 0 Å². The molecule has 1 aliphatic rings. The Kier molecular flexibility index (Phi) is 6.51. The third kappa shape index (κ3) is 5.53. The molecule has 1 aromatic rings. The standard InChI is InChI=1S/C7H4Cl2O.C6H12/c8-6-3-1-2-5(4-6)7(9)10;1-2-4-6-5-3-1/h1-4H;1-6H2. The van der Waals surface area contributed by atoms with Crippen LogP contribution in [0, 0.1) is 0 Å². The Morgan fingerprint density at radius 1 is 1.00 bits per heavy atom. The zero-order chi connectivity index (χ0) is 11.8. The second-order valence-corrected chi connectivity index (χ2v) is 4.69. The highest BCUT2D eigenvalue weighted by Gasteiger charge is 1.99.